The van der Waals surface area contributed by atoms with Crippen molar-refractivity contribution in [3.8, 4) is 0 Å². The normalized spacial score (nSPS) is 15.1. The predicted octanol–water partition coefficient (Wildman–Crippen LogP) is 1.99. The number of hydrogen-bond donors (Lipinski definition) is 0. The van der Waals surface area contributed by atoms with E-state index in [0.29, 0.717) is 5.56 Å². The molecule has 0 atom stereocenters. The molecule has 0 spiro atoms. The van der Waals surface area contributed by atoms with Gasteiger partial charge in [-0.3, -0.25) is 19.3 Å². The summed E-state index contributed by atoms with van der Waals surface area (Å²) in [5.74, 6) is -2.18. The fraction of sp³-hybridized carbons (Fsp3) is 0.412. The van der Waals surface area contributed by atoms with Gasteiger partial charge >= 0.3 is 17.8 Å². The molecule has 6 nitrogen and oxygen atoms in total. The molecule has 4 amide bonds. The van der Waals surface area contributed by atoms with Crippen LogP contribution in [0, 0.1) is 20.8 Å². The summed E-state index contributed by atoms with van der Waals surface area (Å²) in [7, 11) is 0. The van der Waals surface area contributed by atoms with Gasteiger partial charge in [0.2, 0.25) is 0 Å². The minimum absolute atomic E-state index is 0.356. The van der Waals surface area contributed by atoms with E-state index in [1.165, 1.54) is 0 Å². The Morgan fingerprint density at radius 1 is 0.957 bits per heavy atom. The number of nitrogens with zero attached hydrogens (tertiary/aromatic N) is 2. The van der Waals surface area contributed by atoms with Crippen LogP contribution < -0.4 is 0 Å². The Bertz CT molecular complexity index is 722. The van der Waals surface area contributed by atoms with Crippen LogP contribution in [0.15, 0.2) is 12.1 Å². The van der Waals surface area contributed by atoms with Crippen LogP contribution in [0.5, 0.6) is 0 Å². The Morgan fingerprint density at radius 2 is 1.52 bits per heavy atom. The van der Waals surface area contributed by atoms with E-state index in [4.69, 9.17) is 0 Å². The van der Waals surface area contributed by atoms with Crippen molar-refractivity contribution in [3.63, 3.8) is 0 Å². The van der Waals surface area contributed by atoms with Crippen molar-refractivity contribution in [2.75, 3.05) is 6.54 Å². The van der Waals surface area contributed by atoms with Crippen LogP contribution in [-0.4, -0.2) is 46.0 Å². The maximum Gasteiger partial charge on any atom is 0.334 e. The number of urea groups is 1. The first-order chi connectivity index (χ1) is 10.6. The zero-order valence-corrected chi connectivity index (χ0v) is 14.0. The zero-order valence-electron chi connectivity index (χ0n) is 14.0. The molecule has 1 aromatic carbocycles. The largest absolute Gasteiger partial charge is 0.334 e. The second-order valence-electron chi connectivity index (χ2n) is 6.12. The smallest absolute Gasteiger partial charge is 0.292 e. The lowest BCUT2D eigenvalue weighted by Gasteiger charge is -2.18. The molecule has 1 heterocycles. The molecule has 0 radical (unpaired) electrons. The second-order valence-corrected chi connectivity index (χ2v) is 6.12. The van der Waals surface area contributed by atoms with E-state index in [-0.39, 0.29) is 5.78 Å². The van der Waals surface area contributed by atoms with Gasteiger partial charge in [0.1, 0.15) is 0 Å². The molecule has 0 aliphatic carbocycles. The van der Waals surface area contributed by atoms with E-state index in [9.17, 15) is 19.2 Å². The molecule has 1 aliphatic rings. The van der Waals surface area contributed by atoms with Crippen LogP contribution >= 0.6 is 0 Å². The maximum absolute atomic E-state index is 12.5. The minimum atomic E-state index is -0.946. The van der Waals surface area contributed by atoms with Crippen molar-refractivity contribution < 1.29 is 19.2 Å². The van der Waals surface area contributed by atoms with Gasteiger partial charge in [-0.1, -0.05) is 6.07 Å². The van der Waals surface area contributed by atoms with Crippen LogP contribution in [-0.2, 0) is 9.59 Å². The summed E-state index contributed by atoms with van der Waals surface area (Å²) >= 11 is 0. The summed E-state index contributed by atoms with van der Waals surface area (Å²) in [4.78, 5) is 50.1. The summed E-state index contributed by atoms with van der Waals surface area (Å²) in [6, 6.07) is 2.48. The molecule has 6 heteroatoms. The van der Waals surface area contributed by atoms with E-state index >= 15 is 0 Å². The Hall–Kier alpha value is -2.50. The maximum atomic E-state index is 12.5. The Labute approximate surface area is 135 Å². The van der Waals surface area contributed by atoms with Gasteiger partial charge in [0.25, 0.3) is 0 Å². The molecule has 0 aromatic heterocycles. The molecule has 2 rings (SSSR count). The first kappa shape index (κ1) is 16.9. The molecule has 0 bridgehead atoms. The molecule has 0 N–H and O–H groups in total. The SMILES string of the molecule is Cc1cc(C)c(C(=O)CN2C(=O)C(=O)N(C(C)C)C2=O)cc1C. The van der Waals surface area contributed by atoms with Crippen molar-refractivity contribution in [2.24, 2.45) is 0 Å². The van der Waals surface area contributed by atoms with Crippen LogP contribution in [0.25, 0.3) is 0 Å². The Morgan fingerprint density at radius 3 is 2.04 bits per heavy atom. The number of carbonyl (C=O) groups excluding carboxylic acids is 4. The topological polar surface area (TPSA) is 74.8 Å². The van der Waals surface area contributed by atoms with Gasteiger partial charge in [0, 0.05) is 11.6 Å². The number of amides is 4. The highest BCUT2D eigenvalue weighted by molar-refractivity contribution is 6.45. The number of aryl methyl sites for hydroxylation is 3. The highest BCUT2D eigenvalue weighted by Gasteiger charge is 2.46. The van der Waals surface area contributed by atoms with Crippen LogP contribution in [0.2, 0.25) is 0 Å². The fourth-order valence-electron chi connectivity index (χ4n) is 2.61. The fourth-order valence-corrected chi connectivity index (χ4v) is 2.61. The summed E-state index contributed by atoms with van der Waals surface area (Å²) in [5, 5.41) is 0. The third-order valence-corrected chi connectivity index (χ3v) is 4.04. The van der Waals surface area contributed by atoms with Gasteiger partial charge in [0.05, 0.1) is 6.54 Å². The van der Waals surface area contributed by atoms with Gasteiger partial charge in [0.15, 0.2) is 5.78 Å². The first-order valence-corrected chi connectivity index (χ1v) is 7.45. The molecular weight excluding hydrogens is 296 g/mol. The lowest BCUT2D eigenvalue weighted by molar-refractivity contribution is -0.143. The second kappa shape index (κ2) is 5.95. The number of Topliss-reactive ketones (excluding diaryl/α,β-unsaturated/α-hetero) is 1. The third-order valence-electron chi connectivity index (χ3n) is 4.04. The summed E-state index contributed by atoms with van der Waals surface area (Å²) in [5.41, 5.74) is 3.26. The van der Waals surface area contributed by atoms with Crippen LogP contribution in [0.3, 0.4) is 0 Å². The average molecular weight is 316 g/mol. The third kappa shape index (κ3) is 2.88. The van der Waals surface area contributed by atoms with E-state index in [2.05, 4.69) is 0 Å². The number of carbonyl (C=O) groups is 4. The quantitative estimate of drug-likeness (QED) is 0.484. The first-order valence-electron chi connectivity index (χ1n) is 7.45. The van der Waals surface area contributed by atoms with Gasteiger partial charge in [-0.25, -0.2) is 9.69 Å². The number of rotatable bonds is 4. The van der Waals surface area contributed by atoms with Gasteiger partial charge in [-0.15, -0.1) is 0 Å². The molecule has 1 aliphatic heterocycles. The standard InChI is InChI=1S/C17H20N2O4/c1-9(2)19-16(22)15(21)18(17(19)23)8-14(20)13-7-11(4)10(3)6-12(13)5/h6-7,9H,8H2,1-5H3. The van der Waals surface area contributed by atoms with E-state index < -0.39 is 30.4 Å². The molecule has 122 valence electrons. The summed E-state index contributed by atoms with van der Waals surface area (Å²) in [6.07, 6.45) is 0. The van der Waals surface area contributed by atoms with Crippen molar-refractivity contribution in [1.82, 2.24) is 9.80 Å². The van der Waals surface area contributed by atoms with Crippen molar-refractivity contribution in [2.45, 2.75) is 40.7 Å². The predicted molar refractivity (Wildman–Crippen MR) is 84.1 cm³/mol. The van der Waals surface area contributed by atoms with Crippen molar-refractivity contribution in [1.29, 1.82) is 0 Å². The molecule has 0 saturated carbocycles. The average Bonchev–Trinajstić information content (AvgIpc) is 2.66. The monoisotopic (exact) mass is 316 g/mol. The molecule has 1 saturated heterocycles. The summed E-state index contributed by atoms with van der Waals surface area (Å²) < 4.78 is 0. The summed E-state index contributed by atoms with van der Waals surface area (Å²) in [6.45, 7) is 8.50. The molecule has 1 fully saturated rings. The zero-order chi connectivity index (χ0) is 17.5. The number of benzene rings is 1. The number of imide groups is 2. The highest BCUT2D eigenvalue weighted by Crippen LogP contribution is 2.19. The van der Waals surface area contributed by atoms with Gasteiger partial charge < -0.3 is 0 Å². The van der Waals surface area contributed by atoms with Crippen LogP contribution in [0.1, 0.15) is 40.9 Å². The van der Waals surface area contributed by atoms with Gasteiger partial charge in [-0.05, 0) is 57.4 Å². The minimum Gasteiger partial charge on any atom is -0.292 e. The van der Waals surface area contributed by atoms with E-state index in [0.717, 1.165) is 26.5 Å². The number of hydrogen-bond acceptors (Lipinski definition) is 4. The molecular formula is C17H20N2O4. The molecule has 0 unspecified atom stereocenters. The van der Waals surface area contributed by atoms with Crippen molar-refractivity contribution in [3.05, 3.63) is 34.4 Å². The Kier molecular flexibility index (Phi) is 4.36. The molecule has 1 aromatic rings. The van der Waals surface area contributed by atoms with E-state index in [1.54, 1.807) is 26.8 Å². The van der Waals surface area contributed by atoms with Gasteiger partial charge in [-0.2, -0.15) is 0 Å². The highest BCUT2D eigenvalue weighted by atomic mass is 16.2. The van der Waals surface area contributed by atoms with E-state index in [1.807, 2.05) is 19.9 Å². The lowest BCUT2D eigenvalue weighted by Crippen LogP contribution is -2.39. The number of ketones is 1. The van der Waals surface area contributed by atoms with Crippen molar-refractivity contribution >= 4 is 23.6 Å². The molecule has 23 heavy (non-hydrogen) atoms. The van der Waals surface area contributed by atoms with Crippen LogP contribution in [0.4, 0.5) is 4.79 Å². The lowest BCUT2D eigenvalue weighted by atomic mass is 9.98. The Balaban J connectivity index is 2.27.